The van der Waals surface area contributed by atoms with E-state index in [1.165, 1.54) is 19.4 Å². The summed E-state index contributed by atoms with van der Waals surface area (Å²) < 4.78 is 32.9. The van der Waals surface area contributed by atoms with E-state index in [0.29, 0.717) is 23.8 Å². The lowest BCUT2D eigenvalue weighted by Crippen LogP contribution is -2.20. The molecule has 8 heteroatoms. The van der Waals surface area contributed by atoms with Crippen molar-refractivity contribution in [2.24, 2.45) is 0 Å². The number of rotatable bonds is 9. The van der Waals surface area contributed by atoms with Gasteiger partial charge in [0.1, 0.15) is 11.5 Å². The number of alkyl halides is 2. The average molecular weight is 393 g/mol. The fourth-order valence-electron chi connectivity index (χ4n) is 2.90. The van der Waals surface area contributed by atoms with Crippen LogP contribution in [0.15, 0.2) is 12.3 Å². The first-order valence-electron chi connectivity index (χ1n) is 9.53. The van der Waals surface area contributed by atoms with Crippen LogP contribution >= 0.6 is 0 Å². The molecule has 0 aliphatic rings. The van der Waals surface area contributed by atoms with Crippen LogP contribution in [-0.2, 0) is 6.42 Å². The molecule has 28 heavy (non-hydrogen) atoms. The maximum atomic E-state index is 13.8. The molecule has 0 bridgehead atoms. The van der Waals surface area contributed by atoms with Crippen molar-refractivity contribution in [2.75, 3.05) is 31.4 Å². The molecule has 1 N–H and O–H groups in total. The molecule has 0 amide bonds. The van der Waals surface area contributed by atoms with E-state index in [0.717, 1.165) is 12.8 Å². The molecule has 0 aromatic carbocycles. The Hall–Kier alpha value is -2.51. The summed E-state index contributed by atoms with van der Waals surface area (Å²) in [6.45, 7) is 6.15. The molecule has 2 aromatic heterocycles. The van der Waals surface area contributed by atoms with Crippen LogP contribution < -0.4 is 15.0 Å². The van der Waals surface area contributed by atoms with Crippen LogP contribution in [0, 0.1) is 0 Å². The molecule has 0 aliphatic heterocycles. The van der Waals surface area contributed by atoms with E-state index in [2.05, 4.69) is 34.1 Å². The first-order chi connectivity index (χ1) is 13.4. The lowest BCUT2D eigenvalue weighted by atomic mass is 10.1. The Morgan fingerprint density at radius 2 is 1.82 bits per heavy atom. The molecule has 0 radical (unpaired) electrons. The number of nitrogens with zero attached hydrogens (tertiary/aromatic N) is 4. The van der Waals surface area contributed by atoms with Gasteiger partial charge in [0.05, 0.1) is 12.8 Å². The zero-order valence-electron chi connectivity index (χ0n) is 17.4. The molecule has 2 heterocycles. The molecular formula is C20H29F2N5O. The highest BCUT2D eigenvalue weighted by Gasteiger charge is 2.23. The first-order valence-corrected chi connectivity index (χ1v) is 9.53. The third kappa shape index (κ3) is 4.66. The Morgan fingerprint density at radius 1 is 1.14 bits per heavy atom. The molecule has 0 fully saturated rings. The van der Waals surface area contributed by atoms with Crippen LogP contribution in [0.5, 0.6) is 5.88 Å². The Kier molecular flexibility index (Phi) is 7.48. The highest BCUT2D eigenvalue weighted by molar-refractivity contribution is 5.71. The van der Waals surface area contributed by atoms with Gasteiger partial charge in [-0.2, -0.15) is 4.98 Å². The second-order valence-corrected chi connectivity index (χ2v) is 6.71. The van der Waals surface area contributed by atoms with Gasteiger partial charge in [-0.25, -0.2) is 18.7 Å². The number of methoxy groups -OCH3 is 1. The molecule has 2 aromatic rings. The third-order valence-corrected chi connectivity index (χ3v) is 4.66. The monoisotopic (exact) mass is 393 g/mol. The summed E-state index contributed by atoms with van der Waals surface area (Å²) in [4.78, 5) is 15.1. The van der Waals surface area contributed by atoms with E-state index < -0.39 is 6.43 Å². The van der Waals surface area contributed by atoms with Crippen molar-refractivity contribution in [1.82, 2.24) is 15.0 Å². The molecule has 154 valence electrons. The van der Waals surface area contributed by atoms with Crippen molar-refractivity contribution in [1.29, 1.82) is 0 Å². The minimum Gasteiger partial charge on any atom is -0.479 e. The van der Waals surface area contributed by atoms with Gasteiger partial charge < -0.3 is 15.0 Å². The van der Waals surface area contributed by atoms with E-state index in [-0.39, 0.29) is 28.7 Å². The normalized spacial score (nSPS) is 11.2. The van der Waals surface area contributed by atoms with Crippen molar-refractivity contribution < 1.29 is 13.5 Å². The third-order valence-electron chi connectivity index (χ3n) is 4.66. The van der Waals surface area contributed by atoms with E-state index in [4.69, 9.17) is 4.74 Å². The molecular weight excluding hydrogens is 364 g/mol. The number of aromatic nitrogens is 3. The van der Waals surface area contributed by atoms with Gasteiger partial charge in [-0.05, 0) is 25.3 Å². The Labute approximate surface area is 165 Å². The largest absolute Gasteiger partial charge is 0.479 e. The fourth-order valence-corrected chi connectivity index (χ4v) is 2.90. The summed E-state index contributed by atoms with van der Waals surface area (Å²) in [5, 5.41) is 3.39. The van der Waals surface area contributed by atoms with Gasteiger partial charge >= 0.3 is 0 Å². The standard InChI is InChI=1S/C20H29F2N5O/c1-7-12(8-2)24-19-15(9-3)25-17(20(26-19)28-6)14-11-23-16(27(4)5)10-13(14)18(21)22/h10-12,18H,7-9H2,1-6H3,(H,24,26). The number of pyridine rings is 1. The smallest absolute Gasteiger partial charge is 0.264 e. The maximum Gasteiger partial charge on any atom is 0.264 e. The molecule has 6 nitrogen and oxygen atoms in total. The van der Waals surface area contributed by atoms with Crippen molar-refractivity contribution in [3.8, 4) is 17.1 Å². The summed E-state index contributed by atoms with van der Waals surface area (Å²) in [6.07, 6.45) is 1.24. The SMILES string of the molecule is CCc1nc(-c2cnc(N(C)C)cc2C(F)F)c(OC)nc1NC(CC)CC. The Morgan fingerprint density at radius 3 is 2.32 bits per heavy atom. The number of anilines is 2. The lowest BCUT2D eigenvalue weighted by molar-refractivity contribution is 0.152. The predicted octanol–water partition coefficient (Wildman–Crippen LogP) is 4.71. The molecule has 0 unspecified atom stereocenters. The Bertz CT molecular complexity index is 794. The number of nitrogens with one attached hydrogen (secondary N) is 1. The number of aryl methyl sites for hydroxylation is 1. The highest BCUT2D eigenvalue weighted by atomic mass is 19.3. The van der Waals surface area contributed by atoms with Gasteiger partial charge in [-0.15, -0.1) is 0 Å². The number of ether oxygens (including phenoxy) is 1. The minimum atomic E-state index is -2.67. The minimum absolute atomic E-state index is 0.144. The van der Waals surface area contributed by atoms with Crippen LogP contribution in [0.3, 0.4) is 0 Å². The predicted molar refractivity (Wildman–Crippen MR) is 108 cm³/mol. The van der Waals surface area contributed by atoms with E-state index in [1.807, 2.05) is 6.92 Å². The molecule has 2 rings (SSSR count). The van der Waals surface area contributed by atoms with Gasteiger partial charge in [0.15, 0.2) is 5.82 Å². The van der Waals surface area contributed by atoms with Crippen LogP contribution in [0.4, 0.5) is 20.4 Å². The Balaban J connectivity index is 2.62. The lowest BCUT2D eigenvalue weighted by Gasteiger charge is -2.20. The molecule has 0 spiro atoms. The van der Waals surface area contributed by atoms with Gasteiger partial charge in [-0.1, -0.05) is 20.8 Å². The topological polar surface area (TPSA) is 63.2 Å². The van der Waals surface area contributed by atoms with Crippen molar-refractivity contribution in [3.05, 3.63) is 23.5 Å². The quantitative estimate of drug-likeness (QED) is 0.665. The highest BCUT2D eigenvalue weighted by Crippen LogP contribution is 2.36. The first kappa shape index (κ1) is 21.8. The van der Waals surface area contributed by atoms with E-state index >= 15 is 0 Å². The number of hydrogen-bond donors (Lipinski definition) is 1. The summed E-state index contributed by atoms with van der Waals surface area (Å²) in [5.74, 6) is 1.29. The van der Waals surface area contributed by atoms with Crippen LogP contribution in [0.25, 0.3) is 11.3 Å². The zero-order valence-corrected chi connectivity index (χ0v) is 17.4. The fraction of sp³-hybridized carbons (Fsp3) is 0.550. The van der Waals surface area contributed by atoms with Crippen LogP contribution in [-0.4, -0.2) is 42.2 Å². The summed E-state index contributed by atoms with van der Waals surface area (Å²) in [5.41, 5.74) is 1.07. The summed E-state index contributed by atoms with van der Waals surface area (Å²) in [6, 6.07) is 1.64. The molecule has 0 saturated heterocycles. The van der Waals surface area contributed by atoms with Crippen LogP contribution in [0.2, 0.25) is 0 Å². The van der Waals surface area contributed by atoms with Gasteiger partial charge in [-0.3, -0.25) is 0 Å². The van der Waals surface area contributed by atoms with Crippen molar-refractivity contribution >= 4 is 11.6 Å². The second-order valence-electron chi connectivity index (χ2n) is 6.71. The zero-order chi connectivity index (χ0) is 20.8. The van der Waals surface area contributed by atoms with Crippen molar-refractivity contribution in [2.45, 2.75) is 52.5 Å². The number of halogens is 2. The van der Waals surface area contributed by atoms with Gasteiger partial charge in [0.2, 0.25) is 5.88 Å². The van der Waals surface area contributed by atoms with E-state index in [1.54, 1.807) is 19.0 Å². The maximum absolute atomic E-state index is 13.8. The van der Waals surface area contributed by atoms with Crippen molar-refractivity contribution in [3.63, 3.8) is 0 Å². The van der Waals surface area contributed by atoms with Gasteiger partial charge in [0.25, 0.3) is 6.43 Å². The van der Waals surface area contributed by atoms with Crippen LogP contribution in [0.1, 0.15) is 51.3 Å². The summed E-state index contributed by atoms with van der Waals surface area (Å²) in [7, 11) is 4.97. The number of hydrogen-bond acceptors (Lipinski definition) is 6. The average Bonchev–Trinajstić information content (AvgIpc) is 2.70. The second kappa shape index (κ2) is 9.61. The molecule has 0 atom stereocenters. The molecule has 0 aliphatic carbocycles. The van der Waals surface area contributed by atoms with Gasteiger partial charge in [0, 0.05) is 37.5 Å². The molecule has 0 saturated carbocycles. The summed E-state index contributed by atoms with van der Waals surface area (Å²) >= 11 is 0. The van der Waals surface area contributed by atoms with E-state index in [9.17, 15) is 8.78 Å².